The van der Waals surface area contributed by atoms with Crippen molar-refractivity contribution in [2.45, 2.75) is 70.6 Å². The maximum absolute atomic E-state index is 10.9. The van der Waals surface area contributed by atoms with Crippen LogP contribution in [0.5, 0.6) is 0 Å². The molecule has 0 amide bonds. The van der Waals surface area contributed by atoms with Crippen molar-refractivity contribution in [1.82, 2.24) is 15.1 Å². The number of rotatable bonds is 6. The molecule has 1 aliphatic carbocycles. The third-order valence-corrected chi connectivity index (χ3v) is 4.12. The van der Waals surface area contributed by atoms with E-state index in [1.165, 1.54) is 6.42 Å². The lowest BCUT2D eigenvalue weighted by atomic mass is 9.80. The van der Waals surface area contributed by atoms with Crippen molar-refractivity contribution in [3.05, 3.63) is 18.0 Å². The Morgan fingerprint density at radius 3 is 2.74 bits per heavy atom. The molecule has 0 radical (unpaired) electrons. The van der Waals surface area contributed by atoms with E-state index in [-0.39, 0.29) is 0 Å². The highest BCUT2D eigenvalue weighted by atomic mass is 16.3. The molecule has 0 bridgehead atoms. The zero-order chi connectivity index (χ0) is 13.7. The fourth-order valence-corrected chi connectivity index (χ4v) is 3.02. The van der Waals surface area contributed by atoms with Gasteiger partial charge in [0, 0.05) is 18.8 Å². The molecular weight excluding hydrogens is 238 g/mol. The van der Waals surface area contributed by atoms with Gasteiger partial charge in [0.25, 0.3) is 0 Å². The summed E-state index contributed by atoms with van der Waals surface area (Å²) >= 11 is 0. The van der Waals surface area contributed by atoms with Gasteiger partial charge in [0.1, 0.15) is 5.60 Å². The molecule has 0 aliphatic heterocycles. The highest BCUT2D eigenvalue weighted by molar-refractivity contribution is 5.13. The fourth-order valence-electron chi connectivity index (χ4n) is 3.02. The Morgan fingerprint density at radius 1 is 1.37 bits per heavy atom. The van der Waals surface area contributed by atoms with Crippen molar-refractivity contribution in [2.75, 3.05) is 6.54 Å². The van der Waals surface area contributed by atoms with E-state index in [0.717, 1.165) is 50.9 Å². The van der Waals surface area contributed by atoms with Crippen LogP contribution in [0.2, 0.25) is 0 Å². The number of aromatic nitrogens is 2. The molecule has 0 aromatic carbocycles. The van der Waals surface area contributed by atoms with Crippen molar-refractivity contribution < 1.29 is 5.11 Å². The van der Waals surface area contributed by atoms with E-state index in [9.17, 15) is 5.11 Å². The number of nitrogens with one attached hydrogen (secondary N) is 1. The molecule has 1 heterocycles. The molecule has 0 spiro atoms. The molecular formula is C15H27N3O. The molecule has 1 aromatic rings. The van der Waals surface area contributed by atoms with Gasteiger partial charge in [0.15, 0.2) is 0 Å². The second-order valence-corrected chi connectivity index (χ2v) is 5.70. The van der Waals surface area contributed by atoms with Gasteiger partial charge in [-0.15, -0.1) is 0 Å². The summed E-state index contributed by atoms with van der Waals surface area (Å²) in [5, 5.41) is 18.8. The van der Waals surface area contributed by atoms with Crippen LogP contribution in [0.15, 0.2) is 12.3 Å². The summed E-state index contributed by atoms with van der Waals surface area (Å²) < 4.78 is 1.97. The molecule has 1 fully saturated rings. The van der Waals surface area contributed by atoms with Crippen molar-refractivity contribution in [3.8, 4) is 0 Å². The van der Waals surface area contributed by atoms with Gasteiger partial charge >= 0.3 is 0 Å². The first kappa shape index (κ1) is 14.5. The molecule has 0 atom stereocenters. The lowest BCUT2D eigenvalue weighted by Gasteiger charge is -2.36. The highest BCUT2D eigenvalue weighted by Gasteiger charge is 2.36. The maximum Gasteiger partial charge on any atom is 0.106 e. The van der Waals surface area contributed by atoms with Crippen LogP contribution in [0.25, 0.3) is 0 Å². The average Bonchev–Trinajstić information content (AvgIpc) is 2.88. The quantitative estimate of drug-likeness (QED) is 0.830. The van der Waals surface area contributed by atoms with Crippen molar-refractivity contribution in [3.63, 3.8) is 0 Å². The number of hydrogen-bond donors (Lipinski definition) is 2. The monoisotopic (exact) mass is 265 g/mol. The first-order valence-electron chi connectivity index (χ1n) is 7.67. The van der Waals surface area contributed by atoms with Gasteiger partial charge in [0.2, 0.25) is 0 Å². The van der Waals surface area contributed by atoms with Crippen molar-refractivity contribution in [1.29, 1.82) is 0 Å². The van der Waals surface area contributed by atoms with Crippen LogP contribution in [-0.4, -0.2) is 27.5 Å². The van der Waals surface area contributed by atoms with Gasteiger partial charge in [-0.25, -0.2) is 0 Å². The molecule has 19 heavy (non-hydrogen) atoms. The first-order valence-corrected chi connectivity index (χ1v) is 7.67. The van der Waals surface area contributed by atoms with Crippen LogP contribution < -0.4 is 5.32 Å². The second kappa shape index (κ2) is 6.53. The number of nitrogens with zero attached hydrogens (tertiary/aromatic N) is 2. The van der Waals surface area contributed by atoms with Gasteiger partial charge in [-0.1, -0.05) is 13.8 Å². The normalized spacial score (nSPS) is 27.6. The van der Waals surface area contributed by atoms with Gasteiger partial charge in [-0.05, 0) is 51.1 Å². The lowest BCUT2D eigenvalue weighted by Crippen LogP contribution is -2.41. The Bertz CT molecular complexity index is 380. The maximum atomic E-state index is 10.9. The second-order valence-electron chi connectivity index (χ2n) is 5.70. The molecule has 108 valence electrons. The van der Waals surface area contributed by atoms with Crippen LogP contribution >= 0.6 is 0 Å². The van der Waals surface area contributed by atoms with E-state index in [0.29, 0.717) is 6.04 Å². The standard InChI is InChI=1S/C15H27N3O/c1-3-10-16-13-5-8-15(19,9-6-13)14-7-11-17-18(14)12-4-2/h7,11,13,16,19H,3-6,8-10,12H2,1-2H3. The van der Waals surface area contributed by atoms with Gasteiger partial charge in [-0.3, -0.25) is 4.68 Å². The Kier molecular flexibility index (Phi) is 4.99. The Labute approximate surface area is 116 Å². The zero-order valence-corrected chi connectivity index (χ0v) is 12.2. The molecule has 4 nitrogen and oxygen atoms in total. The molecule has 1 aliphatic rings. The minimum atomic E-state index is -0.671. The molecule has 1 aromatic heterocycles. The third-order valence-electron chi connectivity index (χ3n) is 4.12. The van der Waals surface area contributed by atoms with E-state index < -0.39 is 5.60 Å². The minimum Gasteiger partial charge on any atom is -0.384 e. The van der Waals surface area contributed by atoms with E-state index in [1.54, 1.807) is 0 Å². The fraction of sp³-hybridized carbons (Fsp3) is 0.800. The topological polar surface area (TPSA) is 50.1 Å². The Morgan fingerprint density at radius 2 is 2.11 bits per heavy atom. The number of aryl methyl sites for hydroxylation is 1. The van der Waals surface area contributed by atoms with Crippen LogP contribution in [-0.2, 0) is 12.1 Å². The van der Waals surface area contributed by atoms with E-state index in [4.69, 9.17) is 0 Å². The average molecular weight is 265 g/mol. The summed E-state index contributed by atoms with van der Waals surface area (Å²) in [7, 11) is 0. The van der Waals surface area contributed by atoms with Gasteiger partial charge in [-0.2, -0.15) is 5.10 Å². The van der Waals surface area contributed by atoms with Crippen molar-refractivity contribution >= 4 is 0 Å². The Hall–Kier alpha value is -0.870. The predicted octanol–water partition coefficient (Wildman–Crippen LogP) is 2.42. The Balaban J connectivity index is 1.98. The summed E-state index contributed by atoms with van der Waals surface area (Å²) in [5.41, 5.74) is 0.332. The molecule has 2 N–H and O–H groups in total. The van der Waals surface area contributed by atoms with Crippen LogP contribution in [0, 0.1) is 0 Å². The van der Waals surface area contributed by atoms with E-state index >= 15 is 0 Å². The predicted molar refractivity (Wildman–Crippen MR) is 77.0 cm³/mol. The largest absolute Gasteiger partial charge is 0.384 e. The summed E-state index contributed by atoms with van der Waals surface area (Å²) in [6.07, 6.45) is 7.80. The smallest absolute Gasteiger partial charge is 0.106 e. The van der Waals surface area contributed by atoms with Crippen LogP contribution in [0.1, 0.15) is 58.1 Å². The van der Waals surface area contributed by atoms with E-state index in [1.807, 2.05) is 16.9 Å². The molecule has 0 unspecified atom stereocenters. The minimum absolute atomic E-state index is 0.572. The summed E-state index contributed by atoms with van der Waals surface area (Å²) in [4.78, 5) is 0. The third kappa shape index (κ3) is 3.37. The van der Waals surface area contributed by atoms with E-state index in [2.05, 4.69) is 24.3 Å². The SMILES string of the molecule is CCCNC1CCC(O)(c2ccnn2CCC)CC1. The van der Waals surface area contributed by atoms with Crippen LogP contribution in [0.3, 0.4) is 0 Å². The number of aliphatic hydroxyl groups is 1. The summed E-state index contributed by atoms with van der Waals surface area (Å²) in [6, 6.07) is 2.55. The lowest BCUT2D eigenvalue weighted by molar-refractivity contribution is -0.0161. The highest BCUT2D eigenvalue weighted by Crippen LogP contribution is 2.37. The van der Waals surface area contributed by atoms with Gasteiger partial charge < -0.3 is 10.4 Å². The van der Waals surface area contributed by atoms with Gasteiger partial charge in [0.05, 0.1) is 5.69 Å². The molecule has 0 saturated heterocycles. The molecule has 4 heteroatoms. The van der Waals surface area contributed by atoms with Crippen LogP contribution in [0.4, 0.5) is 0 Å². The molecule has 2 rings (SSSR count). The zero-order valence-electron chi connectivity index (χ0n) is 12.2. The summed E-state index contributed by atoms with van der Waals surface area (Å²) in [6.45, 7) is 6.30. The summed E-state index contributed by atoms with van der Waals surface area (Å²) in [5.74, 6) is 0. The first-order chi connectivity index (χ1) is 9.19. The van der Waals surface area contributed by atoms with Crippen molar-refractivity contribution in [2.24, 2.45) is 0 Å². The molecule has 1 saturated carbocycles. The number of hydrogen-bond acceptors (Lipinski definition) is 3.